The van der Waals surface area contributed by atoms with Crippen molar-refractivity contribution in [2.45, 2.75) is 25.4 Å². The minimum atomic E-state index is -0.832. The van der Waals surface area contributed by atoms with E-state index in [0.29, 0.717) is 38.3 Å². The van der Waals surface area contributed by atoms with E-state index in [1.54, 1.807) is 17.9 Å². The van der Waals surface area contributed by atoms with Gasteiger partial charge in [-0.05, 0) is 34.5 Å². The zero-order valence-corrected chi connectivity index (χ0v) is 19.5. The lowest BCUT2D eigenvalue weighted by molar-refractivity contribution is -0.134. The maximum atomic E-state index is 14.7. The van der Waals surface area contributed by atoms with E-state index in [1.807, 2.05) is 6.07 Å². The summed E-state index contributed by atoms with van der Waals surface area (Å²) in [5.74, 6) is -2.54. The smallest absolute Gasteiger partial charge is 0.227 e. The number of nitrogens with one attached hydrogen (secondary N) is 1. The van der Waals surface area contributed by atoms with Crippen molar-refractivity contribution in [1.82, 2.24) is 35.3 Å². The van der Waals surface area contributed by atoms with Crippen LogP contribution in [0.15, 0.2) is 30.6 Å². The molecule has 2 aromatic carbocycles. The first-order valence-electron chi connectivity index (χ1n) is 11.5. The van der Waals surface area contributed by atoms with Crippen LogP contribution in [0.3, 0.4) is 0 Å². The van der Waals surface area contributed by atoms with E-state index < -0.39 is 17.5 Å². The first-order valence-corrected chi connectivity index (χ1v) is 11.5. The van der Waals surface area contributed by atoms with Crippen LogP contribution in [-0.4, -0.2) is 74.7 Å². The predicted octanol–water partition coefficient (Wildman–Crippen LogP) is 1.66. The summed E-state index contributed by atoms with van der Waals surface area (Å²) in [6.07, 6.45) is 0.836. The summed E-state index contributed by atoms with van der Waals surface area (Å²) in [5, 5.41) is 23.2. The molecule has 1 aromatic heterocycles. The van der Waals surface area contributed by atoms with Gasteiger partial charge in [0.1, 0.15) is 29.8 Å². The number of piperazine rings is 2. The third-order valence-corrected chi connectivity index (χ3v) is 6.98. The van der Waals surface area contributed by atoms with Crippen LogP contribution in [0.4, 0.5) is 13.2 Å². The molecule has 1 N–H and O–H groups in total. The standard InChI is InChI=1S/C24H23F3N8O/c1-14-17(2-3-20(25)19(14)9-28)23-12-33-4-5-34(11-16(33)10-29-23)24(36)8-18-21(26)6-15(7-22(18)27)35-13-30-31-32-35/h2-3,6-7,13,16,23,29H,4-5,8,10-12H2,1H3/t16-,23-/m1/s1. The molecule has 2 fully saturated rings. The molecule has 0 aliphatic carbocycles. The molecule has 0 unspecified atom stereocenters. The number of aromatic nitrogens is 4. The van der Waals surface area contributed by atoms with Crippen LogP contribution in [-0.2, 0) is 11.2 Å². The monoisotopic (exact) mass is 496 g/mol. The molecule has 3 heterocycles. The molecule has 12 heteroatoms. The van der Waals surface area contributed by atoms with E-state index in [9.17, 15) is 23.2 Å². The predicted molar refractivity (Wildman–Crippen MR) is 121 cm³/mol. The van der Waals surface area contributed by atoms with Crippen LogP contribution in [0.2, 0.25) is 0 Å². The maximum absolute atomic E-state index is 14.7. The minimum Gasteiger partial charge on any atom is -0.340 e. The first-order chi connectivity index (χ1) is 17.4. The summed E-state index contributed by atoms with van der Waals surface area (Å²) >= 11 is 0. The molecule has 0 bridgehead atoms. The van der Waals surface area contributed by atoms with Crippen LogP contribution >= 0.6 is 0 Å². The van der Waals surface area contributed by atoms with Crippen LogP contribution in [0.5, 0.6) is 0 Å². The van der Waals surface area contributed by atoms with Crippen molar-refractivity contribution >= 4 is 5.91 Å². The fourth-order valence-electron chi connectivity index (χ4n) is 4.98. The number of carbonyl (C=O) groups is 1. The molecule has 5 rings (SSSR count). The second-order valence-corrected chi connectivity index (χ2v) is 9.02. The highest BCUT2D eigenvalue weighted by atomic mass is 19.1. The number of halogens is 3. The molecule has 3 aromatic rings. The lowest BCUT2D eigenvalue weighted by Gasteiger charge is -2.47. The number of hydrogen-bond donors (Lipinski definition) is 1. The van der Waals surface area contributed by atoms with Gasteiger partial charge in [-0.3, -0.25) is 9.69 Å². The second-order valence-electron chi connectivity index (χ2n) is 9.02. The van der Waals surface area contributed by atoms with Gasteiger partial charge in [0.2, 0.25) is 5.91 Å². The molecular weight excluding hydrogens is 473 g/mol. The summed E-state index contributed by atoms with van der Waals surface area (Å²) in [7, 11) is 0. The number of benzene rings is 2. The number of nitrogens with zero attached hydrogens (tertiary/aromatic N) is 7. The first kappa shape index (κ1) is 23.9. The van der Waals surface area contributed by atoms with Gasteiger partial charge in [-0.1, -0.05) is 6.07 Å². The highest BCUT2D eigenvalue weighted by Crippen LogP contribution is 2.28. The van der Waals surface area contributed by atoms with E-state index in [0.717, 1.165) is 22.4 Å². The number of rotatable bonds is 4. The molecule has 0 radical (unpaired) electrons. The van der Waals surface area contributed by atoms with Crippen LogP contribution in [0.1, 0.15) is 28.3 Å². The Kier molecular flexibility index (Phi) is 6.42. The summed E-state index contributed by atoms with van der Waals surface area (Å²) in [4.78, 5) is 16.8. The Morgan fingerprint density at radius 1 is 1.17 bits per heavy atom. The Balaban J connectivity index is 1.24. The molecular formula is C24H23F3N8O. The zero-order chi connectivity index (χ0) is 25.4. The van der Waals surface area contributed by atoms with Crippen molar-refractivity contribution in [3.8, 4) is 11.8 Å². The molecule has 0 spiro atoms. The topological polar surface area (TPSA) is 103 Å². The molecule has 0 saturated carbocycles. The Hall–Kier alpha value is -3.82. The molecule has 2 aliphatic rings. The molecule has 186 valence electrons. The molecule has 36 heavy (non-hydrogen) atoms. The lowest BCUT2D eigenvalue weighted by atomic mass is 9.93. The second kappa shape index (κ2) is 9.67. The fraction of sp³-hybridized carbons (Fsp3) is 0.375. The zero-order valence-electron chi connectivity index (χ0n) is 19.5. The van der Waals surface area contributed by atoms with E-state index >= 15 is 0 Å². The highest BCUT2D eigenvalue weighted by Gasteiger charge is 2.35. The number of hydrogen-bond acceptors (Lipinski definition) is 7. The third-order valence-electron chi connectivity index (χ3n) is 6.98. The van der Waals surface area contributed by atoms with E-state index in [2.05, 4.69) is 25.7 Å². The average Bonchev–Trinajstić information content (AvgIpc) is 3.41. The molecule has 9 nitrogen and oxygen atoms in total. The van der Waals surface area contributed by atoms with Crippen LogP contribution < -0.4 is 5.32 Å². The molecule has 1 amide bonds. The Morgan fingerprint density at radius 2 is 1.94 bits per heavy atom. The number of nitriles is 1. The van der Waals surface area contributed by atoms with Crippen molar-refractivity contribution < 1.29 is 18.0 Å². The normalized spacial score (nSPS) is 20.1. The van der Waals surface area contributed by atoms with Gasteiger partial charge in [-0.15, -0.1) is 5.10 Å². The quantitative estimate of drug-likeness (QED) is 0.586. The Morgan fingerprint density at radius 3 is 2.64 bits per heavy atom. The highest BCUT2D eigenvalue weighted by molar-refractivity contribution is 5.79. The molecule has 2 aliphatic heterocycles. The number of tetrazole rings is 1. The fourth-order valence-corrected chi connectivity index (χ4v) is 4.98. The van der Waals surface area contributed by atoms with E-state index in [1.165, 1.54) is 12.4 Å². The maximum Gasteiger partial charge on any atom is 0.227 e. The van der Waals surface area contributed by atoms with Crippen molar-refractivity contribution in [1.29, 1.82) is 5.26 Å². The molecule has 2 atom stereocenters. The van der Waals surface area contributed by atoms with Crippen LogP contribution in [0.25, 0.3) is 5.69 Å². The average molecular weight is 496 g/mol. The van der Waals surface area contributed by atoms with Gasteiger partial charge >= 0.3 is 0 Å². The van der Waals surface area contributed by atoms with Crippen molar-refractivity contribution in [3.63, 3.8) is 0 Å². The van der Waals surface area contributed by atoms with Crippen LogP contribution in [0, 0.1) is 35.7 Å². The van der Waals surface area contributed by atoms with Crippen molar-refractivity contribution in [2.24, 2.45) is 0 Å². The van der Waals surface area contributed by atoms with Crippen molar-refractivity contribution in [2.75, 3.05) is 32.7 Å². The summed E-state index contributed by atoms with van der Waals surface area (Å²) in [6, 6.07) is 7.11. The van der Waals surface area contributed by atoms with E-state index in [4.69, 9.17) is 0 Å². The summed E-state index contributed by atoms with van der Waals surface area (Å²) < 4.78 is 44.4. The van der Waals surface area contributed by atoms with Gasteiger partial charge in [-0.25, -0.2) is 17.9 Å². The van der Waals surface area contributed by atoms with Gasteiger partial charge in [0.15, 0.2) is 0 Å². The van der Waals surface area contributed by atoms with Gasteiger partial charge in [0.05, 0.1) is 17.7 Å². The summed E-state index contributed by atoms with van der Waals surface area (Å²) in [5.41, 5.74) is 1.39. The SMILES string of the molecule is Cc1c([C@H]2CN3CCN(C(=O)Cc4c(F)cc(-n5cnnn5)cc4F)C[C@H]3CN2)ccc(F)c1C#N. The number of carbonyl (C=O) groups excluding carboxylic acids is 1. The van der Waals surface area contributed by atoms with Crippen molar-refractivity contribution in [3.05, 3.63) is 70.3 Å². The van der Waals surface area contributed by atoms with Gasteiger partial charge in [0, 0.05) is 62.5 Å². The van der Waals surface area contributed by atoms with Gasteiger partial charge in [0.25, 0.3) is 0 Å². The Labute approximate surface area is 205 Å². The molecule has 2 saturated heterocycles. The van der Waals surface area contributed by atoms with E-state index in [-0.39, 0.29) is 41.2 Å². The summed E-state index contributed by atoms with van der Waals surface area (Å²) in [6.45, 7) is 4.43. The largest absolute Gasteiger partial charge is 0.340 e. The Bertz CT molecular complexity index is 1320. The van der Waals surface area contributed by atoms with Gasteiger partial charge in [-0.2, -0.15) is 5.26 Å². The third kappa shape index (κ3) is 4.43. The van der Waals surface area contributed by atoms with Gasteiger partial charge < -0.3 is 10.2 Å². The number of fused-ring (bicyclic) bond motifs is 1. The minimum absolute atomic E-state index is 0.0343. The number of amides is 1. The lowest BCUT2D eigenvalue weighted by Crippen LogP contribution is -2.62.